The van der Waals surface area contributed by atoms with Crippen LogP contribution in [0.2, 0.25) is 0 Å². The molecule has 70 valence electrons. The zero-order valence-electron chi connectivity index (χ0n) is 6.97. The standard InChI is InChI=1S/C9H11NO3/c10-6-9(13,8(11)12)7-4-2-1-3-5-7/h1-5,13H,6,10H2,(H,11,12). The summed E-state index contributed by atoms with van der Waals surface area (Å²) in [5.41, 5.74) is 3.53. The fourth-order valence-electron chi connectivity index (χ4n) is 1.04. The molecule has 1 atom stereocenters. The monoisotopic (exact) mass is 181 g/mol. The van der Waals surface area contributed by atoms with E-state index in [0.717, 1.165) is 0 Å². The van der Waals surface area contributed by atoms with Crippen molar-refractivity contribution < 1.29 is 15.0 Å². The van der Waals surface area contributed by atoms with Gasteiger partial charge >= 0.3 is 5.97 Å². The number of aliphatic hydroxyl groups is 1. The van der Waals surface area contributed by atoms with Gasteiger partial charge in [-0.1, -0.05) is 30.3 Å². The summed E-state index contributed by atoms with van der Waals surface area (Å²) in [5.74, 6) is -1.33. The highest BCUT2D eigenvalue weighted by atomic mass is 16.4. The molecule has 0 bridgehead atoms. The SMILES string of the molecule is NCC(O)(C(=O)O)c1ccccc1. The van der Waals surface area contributed by atoms with E-state index < -0.39 is 11.6 Å². The molecule has 1 aromatic carbocycles. The maximum atomic E-state index is 10.7. The maximum absolute atomic E-state index is 10.7. The summed E-state index contributed by atoms with van der Waals surface area (Å²) in [5, 5.41) is 18.4. The Hall–Kier alpha value is -1.39. The van der Waals surface area contributed by atoms with Gasteiger partial charge in [0.05, 0.1) is 0 Å². The van der Waals surface area contributed by atoms with Crippen LogP contribution in [0, 0.1) is 0 Å². The molecule has 0 radical (unpaired) electrons. The number of rotatable bonds is 3. The Bertz CT molecular complexity index is 299. The number of carboxylic acids is 1. The molecular formula is C9H11NO3. The zero-order chi connectivity index (χ0) is 9.90. The second kappa shape index (κ2) is 3.55. The van der Waals surface area contributed by atoms with Crippen LogP contribution in [0.3, 0.4) is 0 Å². The Labute approximate surface area is 75.6 Å². The number of hydrogen-bond acceptors (Lipinski definition) is 3. The Balaban J connectivity index is 3.11. The fraction of sp³-hybridized carbons (Fsp3) is 0.222. The van der Waals surface area contributed by atoms with Crippen molar-refractivity contribution >= 4 is 5.97 Å². The van der Waals surface area contributed by atoms with Gasteiger partial charge in [0.2, 0.25) is 0 Å². The first-order chi connectivity index (χ1) is 6.11. The molecule has 4 nitrogen and oxygen atoms in total. The van der Waals surface area contributed by atoms with Crippen LogP contribution < -0.4 is 5.73 Å². The van der Waals surface area contributed by atoms with E-state index in [-0.39, 0.29) is 6.54 Å². The number of nitrogens with two attached hydrogens (primary N) is 1. The molecule has 1 aromatic rings. The van der Waals surface area contributed by atoms with Crippen molar-refractivity contribution in [3.8, 4) is 0 Å². The van der Waals surface area contributed by atoms with Crippen molar-refractivity contribution in [2.24, 2.45) is 5.73 Å². The Morgan fingerprint density at radius 1 is 1.38 bits per heavy atom. The molecule has 0 aliphatic heterocycles. The van der Waals surface area contributed by atoms with E-state index in [0.29, 0.717) is 5.56 Å². The summed E-state index contributed by atoms with van der Waals surface area (Å²) in [6.45, 7) is -0.341. The average Bonchev–Trinajstić information content (AvgIpc) is 2.17. The Morgan fingerprint density at radius 2 is 1.92 bits per heavy atom. The molecule has 4 heteroatoms. The molecule has 1 rings (SSSR count). The lowest BCUT2D eigenvalue weighted by molar-refractivity contribution is -0.158. The number of hydrogen-bond donors (Lipinski definition) is 3. The van der Waals surface area contributed by atoms with E-state index in [2.05, 4.69) is 0 Å². The van der Waals surface area contributed by atoms with E-state index in [1.165, 1.54) is 12.1 Å². The van der Waals surface area contributed by atoms with Crippen LogP contribution in [0.1, 0.15) is 5.56 Å². The highest BCUT2D eigenvalue weighted by Crippen LogP contribution is 2.19. The van der Waals surface area contributed by atoms with Gasteiger partial charge in [0.15, 0.2) is 5.60 Å². The lowest BCUT2D eigenvalue weighted by Crippen LogP contribution is -2.42. The summed E-state index contributed by atoms with van der Waals surface area (Å²) in [4.78, 5) is 10.7. The van der Waals surface area contributed by atoms with E-state index >= 15 is 0 Å². The van der Waals surface area contributed by atoms with Crippen LogP contribution >= 0.6 is 0 Å². The Kier molecular flexibility index (Phi) is 2.65. The molecule has 0 heterocycles. The quantitative estimate of drug-likeness (QED) is 0.609. The van der Waals surface area contributed by atoms with Crippen LogP contribution in [-0.2, 0) is 10.4 Å². The summed E-state index contributed by atoms with van der Waals surface area (Å²) < 4.78 is 0. The van der Waals surface area contributed by atoms with Crippen molar-refractivity contribution in [1.29, 1.82) is 0 Å². The van der Waals surface area contributed by atoms with E-state index in [1.807, 2.05) is 0 Å². The molecule has 4 N–H and O–H groups in total. The van der Waals surface area contributed by atoms with Gasteiger partial charge in [-0.05, 0) is 5.56 Å². The first-order valence-corrected chi connectivity index (χ1v) is 3.82. The largest absolute Gasteiger partial charge is 0.479 e. The molecule has 0 fully saturated rings. The minimum absolute atomic E-state index is 0.296. The summed E-state index contributed by atoms with van der Waals surface area (Å²) >= 11 is 0. The molecule has 1 unspecified atom stereocenters. The zero-order valence-corrected chi connectivity index (χ0v) is 6.97. The van der Waals surface area contributed by atoms with Crippen molar-refractivity contribution in [1.82, 2.24) is 0 Å². The topological polar surface area (TPSA) is 83.5 Å². The fourth-order valence-corrected chi connectivity index (χ4v) is 1.04. The van der Waals surface area contributed by atoms with Crippen molar-refractivity contribution in [2.45, 2.75) is 5.60 Å². The summed E-state index contributed by atoms with van der Waals surface area (Å²) in [7, 11) is 0. The average molecular weight is 181 g/mol. The van der Waals surface area contributed by atoms with Crippen LogP contribution in [0.4, 0.5) is 0 Å². The number of aliphatic carboxylic acids is 1. The van der Waals surface area contributed by atoms with Crippen LogP contribution in [0.15, 0.2) is 30.3 Å². The highest BCUT2D eigenvalue weighted by molar-refractivity contribution is 5.79. The van der Waals surface area contributed by atoms with Gasteiger partial charge < -0.3 is 15.9 Å². The number of carboxylic acid groups (broad SMARTS) is 1. The second-order valence-electron chi connectivity index (χ2n) is 2.74. The van der Waals surface area contributed by atoms with Gasteiger partial charge in [-0.2, -0.15) is 0 Å². The molecule has 13 heavy (non-hydrogen) atoms. The summed E-state index contributed by atoms with van der Waals surface area (Å²) in [6.07, 6.45) is 0. The normalized spacial score (nSPS) is 14.9. The van der Waals surface area contributed by atoms with Gasteiger partial charge in [-0.3, -0.25) is 0 Å². The third-order valence-electron chi connectivity index (χ3n) is 1.90. The van der Waals surface area contributed by atoms with Gasteiger partial charge in [-0.25, -0.2) is 4.79 Å². The summed E-state index contributed by atoms with van der Waals surface area (Å²) in [6, 6.07) is 8.10. The number of carbonyl (C=O) groups is 1. The van der Waals surface area contributed by atoms with E-state index in [4.69, 9.17) is 10.8 Å². The molecule has 0 aliphatic rings. The molecule has 0 spiro atoms. The first-order valence-electron chi connectivity index (χ1n) is 3.82. The minimum Gasteiger partial charge on any atom is -0.479 e. The van der Waals surface area contributed by atoms with E-state index in [9.17, 15) is 9.90 Å². The molecule has 0 aliphatic carbocycles. The van der Waals surface area contributed by atoms with Gasteiger partial charge in [0.25, 0.3) is 0 Å². The first kappa shape index (κ1) is 9.70. The van der Waals surface area contributed by atoms with Crippen molar-refractivity contribution in [3.05, 3.63) is 35.9 Å². The van der Waals surface area contributed by atoms with Crippen LogP contribution in [0.25, 0.3) is 0 Å². The molecule has 0 saturated heterocycles. The maximum Gasteiger partial charge on any atom is 0.341 e. The second-order valence-corrected chi connectivity index (χ2v) is 2.74. The van der Waals surface area contributed by atoms with E-state index in [1.54, 1.807) is 18.2 Å². The van der Waals surface area contributed by atoms with Crippen molar-refractivity contribution in [2.75, 3.05) is 6.54 Å². The Morgan fingerprint density at radius 3 is 2.31 bits per heavy atom. The van der Waals surface area contributed by atoms with Crippen molar-refractivity contribution in [3.63, 3.8) is 0 Å². The third-order valence-corrected chi connectivity index (χ3v) is 1.90. The molecule has 0 saturated carbocycles. The molecule has 0 amide bonds. The highest BCUT2D eigenvalue weighted by Gasteiger charge is 2.36. The predicted molar refractivity (Wildman–Crippen MR) is 47.0 cm³/mol. The third kappa shape index (κ3) is 1.68. The number of benzene rings is 1. The molecule has 0 aromatic heterocycles. The molecular weight excluding hydrogens is 170 g/mol. The lowest BCUT2D eigenvalue weighted by atomic mass is 9.94. The van der Waals surface area contributed by atoms with Crippen LogP contribution in [-0.4, -0.2) is 22.7 Å². The van der Waals surface area contributed by atoms with Gasteiger partial charge in [-0.15, -0.1) is 0 Å². The lowest BCUT2D eigenvalue weighted by Gasteiger charge is -2.21. The predicted octanol–water partition coefficient (Wildman–Crippen LogP) is -0.0825. The van der Waals surface area contributed by atoms with Crippen LogP contribution in [0.5, 0.6) is 0 Å². The minimum atomic E-state index is -1.97. The van der Waals surface area contributed by atoms with Gasteiger partial charge in [0, 0.05) is 6.54 Å². The van der Waals surface area contributed by atoms with Gasteiger partial charge in [0.1, 0.15) is 0 Å². The smallest absolute Gasteiger partial charge is 0.341 e.